The van der Waals surface area contributed by atoms with E-state index in [0.29, 0.717) is 6.54 Å². The van der Waals surface area contributed by atoms with Crippen molar-refractivity contribution >= 4 is 42.3 Å². The van der Waals surface area contributed by atoms with E-state index in [-0.39, 0.29) is 48.6 Å². The topological polar surface area (TPSA) is 101 Å². The van der Waals surface area contributed by atoms with Gasteiger partial charge in [-0.05, 0) is 56.8 Å². The Morgan fingerprint density at radius 1 is 1.21 bits per heavy atom. The lowest BCUT2D eigenvalue weighted by atomic mass is 9.74. The van der Waals surface area contributed by atoms with Crippen molar-refractivity contribution in [1.29, 1.82) is 0 Å². The average Bonchev–Trinajstić information content (AvgIpc) is 3.03. The molecule has 1 aliphatic carbocycles. The van der Waals surface area contributed by atoms with Gasteiger partial charge in [-0.2, -0.15) is 0 Å². The fourth-order valence-electron chi connectivity index (χ4n) is 4.34. The minimum atomic E-state index is -0.440. The molecule has 1 aromatic carbocycles. The van der Waals surface area contributed by atoms with E-state index in [0.717, 1.165) is 56.3 Å². The number of primary amides is 1. The van der Waals surface area contributed by atoms with Crippen LogP contribution in [0, 0.1) is 5.92 Å². The molecule has 2 aliphatic rings. The zero-order chi connectivity index (χ0) is 18.7. The molecule has 158 valence electrons. The van der Waals surface area contributed by atoms with Crippen molar-refractivity contribution in [3.63, 3.8) is 0 Å². The first-order valence-corrected chi connectivity index (χ1v) is 9.59. The molecular formula is C20H32Cl2N4O2. The lowest BCUT2D eigenvalue weighted by Crippen LogP contribution is -2.51. The Labute approximate surface area is 179 Å². The Balaban J connectivity index is 0.00000196. The maximum absolute atomic E-state index is 12.7. The molecule has 1 saturated carbocycles. The van der Waals surface area contributed by atoms with E-state index in [2.05, 4.69) is 10.2 Å². The molecule has 1 aliphatic heterocycles. The van der Waals surface area contributed by atoms with Crippen LogP contribution in [0.25, 0.3) is 0 Å². The summed E-state index contributed by atoms with van der Waals surface area (Å²) >= 11 is 0. The van der Waals surface area contributed by atoms with Crippen LogP contribution in [0.5, 0.6) is 0 Å². The molecular weight excluding hydrogens is 399 g/mol. The number of nitrogens with two attached hydrogens (primary N) is 2. The molecule has 1 aromatic rings. The molecule has 0 spiro atoms. The van der Waals surface area contributed by atoms with E-state index in [4.69, 9.17) is 11.5 Å². The summed E-state index contributed by atoms with van der Waals surface area (Å²) < 4.78 is 0. The number of benzene rings is 1. The largest absolute Gasteiger partial charge is 0.368 e. The lowest BCUT2D eigenvalue weighted by Gasteiger charge is -2.37. The van der Waals surface area contributed by atoms with Crippen LogP contribution in [-0.2, 0) is 16.1 Å². The molecule has 0 bridgehead atoms. The molecule has 8 heteroatoms. The summed E-state index contributed by atoms with van der Waals surface area (Å²) in [5.74, 6) is -0.410. The SMILES string of the molecule is CC1(N)CCCCC1C(=O)Nc1cccc(CN2CCCC2C(N)=O)c1.Cl.Cl. The summed E-state index contributed by atoms with van der Waals surface area (Å²) in [7, 11) is 0. The molecule has 1 saturated heterocycles. The van der Waals surface area contributed by atoms with Crippen molar-refractivity contribution in [1.82, 2.24) is 4.90 Å². The Morgan fingerprint density at radius 3 is 2.64 bits per heavy atom. The molecule has 5 N–H and O–H groups in total. The summed E-state index contributed by atoms with van der Waals surface area (Å²) in [4.78, 5) is 26.4. The van der Waals surface area contributed by atoms with Gasteiger partial charge in [0.25, 0.3) is 0 Å². The Kier molecular flexibility index (Phi) is 9.21. The zero-order valence-corrected chi connectivity index (χ0v) is 18.0. The number of carbonyl (C=O) groups is 2. The van der Waals surface area contributed by atoms with Crippen molar-refractivity contribution in [2.75, 3.05) is 11.9 Å². The average molecular weight is 431 g/mol. The van der Waals surface area contributed by atoms with Gasteiger partial charge in [-0.1, -0.05) is 25.0 Å². The molecule has 28 heavy (non-hydrogen) atoms. The van der Waals surface area contributed by atoms with E-state index in [1.807, 2.05) is 31.2 Å². The highest BCUT2D eigenvalue weighted by molar-refractivity contribution is 5.93. The van der Waals surface area contributed by atoms with Crippen LogP contribution in [0.1, 0.15) is 51.0 Å². The number of amides is 2. The summed E-state index contributed by atoms with van der Waals surface area (Å²) in [6.07, 6.45) is 5.67. The number of likely N-dealkylation sites (tertiary alicyclic amines) is 1. The third-order valence-corrected chi connectivity index (χ3v) is 5.84. The highest BCUT2D eigenvalue weighted by Crippen LogP contribution is 2.32. The third-order valence-electron chi connectivity index (χ3n) is 5.84. The van der Waals surface area contributed by atoms with Gasteiger partial charge in [0.2, 0.25) is 11.8 Å². The number of carbonyl (C=O) groups excluding carboxylic acids is 2. The van der Waals surface area contributed by atoms with Gasteiger partial charge in [-0.15, -0.1) is 24.8 Å². The normalized spacial score (nSPS) is 27.4. The minimum absolute atomic E-state index is 0. The number of hydrogen-bond donors (Lipinski definition) is 3. The number of hydrogen-bond acceptors (Lipinski definition) is 4. The molecule has 3 unspecified atom stereocenters. The Morgan fingerprint density at radius 2 is 1.96 bits per heavy atom. The van der Waals surface area contributed by atoms with Gasteiger partial charge < -0.3 is 16.8 Å². The molecule has 2 fully saturated rings. The van der Waals surface area contributed by atoms with Crippen LogP contribution in [0.3, 0.4) is 0 Å². The number of halogens is 2. The van der Waals surface area contributed by atoms with Crippen molar-refractivity contribution < 1.29 is 9.59 Å². The summed E-state index contributed by atoms with van der Waals surface area (Å²) in [6, 6.07) is 7.63. The molecule has 1 heterocycles. The first-order chi connectivity index (χ1) is 12.4. The molecule has 0 radical (unpaired) electrons. The quantitative estimate of drug-likeness (QED) is 0.667. The summed E-state index contributed by atoms with van der Waals surface area (Å²) in [5, 5.41) is 3.04. The molecule has 3 rings (SSSR count). The molecule has 2 amide bonds. The van der Waals surface area contributed by atoms with E-state index >= 15 is 0 Å². The van der Waals surface area contributed by atoms with Gasteiger partial charge in [-0.3, -0.25) is 14.5 Å². The first-order valence-electron chi connectivity index (χ1n) is 9.59. The molecule has 3 atom stereocenters. The highest BCUT2D eigenvalue weighted by Gasteiger charge is 2.37. The fraction of sp³-hybridized carbons (Fsp3) is 0.600. The van der Waals surface area contributed by atoms with Crippen LogP contribution < -0.4 is 16.8 Å². The number of nitrogens with one attached hydrogen (secondary N) is 1. The van der Waals surface area contributed by atoms with E-state index in [1.54, 1.807) is 0 Å². The predicted octanol–water partition coefficient (Wildman–Crippen LogP) is 2.83. The Bertz CT molecular complexity index is 684. The van der Waals surface area contributed by atoms with Crippen molar-refractivity contribution in [3.8, 4) is 0 Å². The van der Waals surface area contributed by atoms with Crippen LogP contribution in [-0.4, -0.2) is 34.8 Å². The third kappa shape index (κ3) is 5.83. The number of rotatable bonds is 5. The van der Waals surface area contributed by atoms with Crippen LogP contribution >= 0.6 is 24.8 Å². The molecule has 6 nitrogen and oxygen atoms in total. The van der Waals surface area contributed by atoms with Crippen LogP contribution in [0.2, 0.25) is 0 Å². The minimum Gasteiger partial charge on any atom is -0.368 e. The first kappa shape index (κ1) is 24.7. The smallest absolute Gasteiger partial charge is 0.234 e. The lowest BCUT2D eigenvalue weighted by molar-refractivity contribution is -0.123. The van der Waals surface area contributed by atoms with E-state index in [1.165, 1.54) is 0 Å². The van der Waals surface area contributed by atoms with Crippen LogP contribution in [0.4, 0.5) is 5.69 Å². The zero-order valence-electron chi connectivity index (χ0n) is 16.4. The number of nitrogens with zero attached hydrogens (tertiary/aromatic N) is 1. The van der Waals surface area contributed by atoms with Gasteiger partial charge in [0.05, 0.1) is 12.0 Å². The van der Waals surface area contributed by atoms with Crippen molar-refractivity contribution in [3.05, 3.63) is 29.8 Å². The van der Waals surface area contributed by atoms with Gasteiger partial charge in [0.15, 0.2) is 0 Å². The monoisotopic (exact) mass is 430 g/mol. The van der Waals surface area contributed by atoms with Crippen LogP contribution in [0.15, 0.2) is 24.3 Å². The summed E-state index contributed by atoms with van der Waals surface area (Å²) in [6.45, 7) is 3.51. The fourth-order valence-corrected chi connectivity index (χ4v) is 4.34. The highest BCUT2D eigenvalue weighted by atomic mass is 35.5. The van der Waals surface area contributed by atoms with Crippen molar-refractivity contribution in [2.45, 2.75) is 63.6 Å². The van der Waals surface area contributed by atoms with Gasteiger partial charge in [-0.25, -0.2) is 0 Å². The maximum atomic E-state index is 12.7. The second-order valence-corrected chi connectivity index (χ2v) is 8.02. The van der Waals surface area contributed by atoms with E-state index < -0.39 is 5.54 Å². The van der Waals surface area contributed by atoms with E-state index in [9.17, 15) is 9.59 Å². The predicted molar refractivity (Wildman–Crippen MR) is 117 cm³/mol. The second kappa shape index (κ2) is 10.4. The Hall–Kier alpha value is -1.34. The second-order valence-electron chi connectivity index (χ2n) is 8.02. The summed E-state index contributed by atoms with van der Waals surface area (Å²) in [5.41, 5.74) is 13.2. The maximum Gasteiger partial charge on any atom is 0.234 e. The van der Waals surface area contributed by atoms with Crippen molar-refractivity contribution in [2.24, 2.45) is 17.4 Å². The van der Waals surface area contributed by atoms with Gasteiger partial charge in [0, 0.05) is 17.8 Å². The van der Waals surface area contributed by atoms with Gasteiger partial charge in [0.1, 0.15) is 0 Å². The molecule has 0 aromatic heterocycles. The van der Waals surface area contributed by atoms with Gasteiger partial charge >= 0.3 is 0 Å². The standard InChI is InChI=1S/C20H30N4O2.2ClH/c1-20(22)10-3-2-8-16(20)19(26)23-15-7-4-6-14(12-15)13-24-11-5-9-17(24)18(21)25;;/h4,6-7,12,16-17H,2-3,5,8-11,13,22H2,1H3,(H2,21,25)(H,23,26);2*1H. The number of anilines is 1.